The molecule has 2 rings (SSSR count). The summed E-state index contributed by atoms with van der Waals surface area (Å²) in [6.07, 6.45) is 0. The first-order chi connectivity index (χ1) is 11.4. The van der Waals surface area contributed by atoms with Crippen molar-refractivity contribution in [3.8, 4) is 0 Å². The molecule has 0 saturated heterocycles. The second-order valence-electron chi connectivity index (χ2n) is 5.27. The van der Waals surface area contributed by atoms with E-state index in [-0.39, 0.29) is 17.3 Å². The predicted octanol–water partition coefficient (Wildman–Crippen LogP) is 3.60. The van der Waals surface area contributed by atoms with Gasteiger partial charge in [0.2, 0.25) is 0 Å². The average Bonchev–Trinajstić information content (AvgIpc) is 2.54. The highest BCUT2D eigenvalue weighted by Gasteiger charge is 2.41. The van der Waals surface area contributed by atoms with E-state index in [1.165, 1.54) is 26.4 Å². The van der Waals surface area contributed by atoms with Gasteiger partial charge in [0.15, 0.2) is 5.70 Å². The summed E-state index contributed by atoms with van der Waals surface area (Å²) in [6.45, 7) is 9.33. The Balaban J connectivity index is 2.69. The molecule has 1 heterocycles. The van der Waals surface area contributed by atoms with Crippen LogP contribution >= 0.6 is 11.6 Å². The van der Waals surface area contributed by atoms with E-state index in [9.17, 15) is 9.18 Å². The molecule has 2 atom stereocenters. The molecule has 0 bridgehead atoms. The largest absolute Gasteiger partial charge is 0.469 e. The fraction of sp³-hybridized carbons (Fsp3) is 0.353. The summed E-state index contributed by atoms with van der Waals surface area (Å²) in [5.74, 6) is -2.53. The van der Waals surface area contributed by atoms with Crippen LogP contribution in [0.4, 0.5) is 4.39 Å². The molecule has 2 unspecified atom stereocenters. The van der Waals surface area contributed by atoms with Gasteiger partial charge in [-0.1, -0.05) is 17.7 Å². The lowest BCUT2D eigenvalue weighted by molar-refractivity contribution is -0.143. The highest BCUT2D eigenvalue weighted by Crippen LogP contribution is 2.42. The Kier molecular flexibility index (Phi) is 5.71. The number of esters is 1. The number of carbonyl (C=O) groups excluding carboxylic acids is 1. The summed E-state index contributed by atoms with van der Waals surface area (Å²) < 4.78 is 23.4. The van der Waals surface area contributed by atoms with Crippen LogP contribution in [0.1, 0.15) is 18.4 Å². The molecule has 7 heteroatoms. The molecule has 0 aromatic heterocycles. The van der Waals surface area contributed by atoms with Crippen molar-refractivity contribution in [2.45, 2.75) is 12.8 Å². The predicted molar refractivity (Wildman–Crippen MR) is 88.3 cm³/mol. The van der Waals surface area contributed by atoms with Crippen molar-refractivity contribution in [3.05, 3.63) is 57.4 Å². The second-order valence-corrected chi connectivity index (χ2v) is 5.68. The van der Waals surface area contributed by atoms with Crippen LogP contribution in [0.5, 0.6) is 0 Å². The Bertz CT molecular complexity index is 768. The molecule has 0 amide bonds. The summed E-state index contributed by atoms with van der Waals surface area (Å²) in [5, 5.41) is 0.140. The number of hydrogen-bond acceptors (Lipinski definition) is 4. The molecule has 1 aliphatic heterocycles. The van der Waals surface area contributed by atoms with Gasteiger partial charge in [0.1, 0.15) is 5.82 Å². The minimum Gasteiger partial charge on any atom is -0.469 e. The van der Waals surface area contributed by atoms with Crippen molar-refractivity contribution < 1.29 is 18.7 Å². The number of ether oxygens (including phenoxy) is 2. The van der Waals surface area contributed by atoms with Gasteiger partial charge in [-0.2, -0.15) is 0 Å². The molecule has 0 fully saturated rings. The minimum absolute atomic E-state index is 0.123. The number of carbonyl (C=O) groups is 1. The smallest absolute Gasteiger partial charge is 0.314 e. The van der Waals surface area contributed by atoms with Gasteiger partial charge in [-0.3, -0.25) is 9.79 Å². The summed E-state index contributed by atoms with van der Waals surface area (Å²) in [4.78, 5) is 20.2. The first kappa shape index (κ1) is 18.1. The molecule has 24 heavy (non-hydrogen) atoms. The van der Waals surface area contributed by atoms with Gasteiger partial charge in [-0.05, 0) is 24.6 Å². The maximum Gasteiger partial charge on any atom is 0.314 e. The number of hydrogen-bond donors (Lipinski definition) is 0. The third-order valence-corrected chi connectivity index (χ3v) is 4.17. The van der Waals surface area contributed by atoms with Crippen LogP contribution in [0.15, 0.2) is 34.6 Å². The lowest BCUT2D eigenvalue weighted by Crippen LogP contribution is -2.34. The Morgan fingerprint density at radius 3 is 2.71 bits per heavy atom. The van der Waals surface area contributed by atoms with Crippen molar-refractivity contribution in [2.24, 2.45) is 10.9 Å². The van der Waals surface area contributed by atoms with Crippen LogP contribution in [0, 0.1) is 18.3 Å². The molecule has 126 valence electrons. The van der Waals surface area contributed by atoms with Crippen LogP contribution in [0.25, 0.3) is 4.85 Å². The van der Waals surface area contributed by atoms with Gasteiger partial charge in [0.05, 0.1) is 31.9 Å². The number of aliphatic imine (C=N–C) groups is 1. The summed E-state index contributed by atoms with van der Waals surface area (Å²) in [6, 6.07) is 3.88. The molecule has 1 aromatic carbocycles. The van der Waals surface area contributed by atoms with Gasteiger partial charge < -0.3 is 9.47 Å². The zero-order valence-corrected chi connectivity index (χ0v) is 14.2. The molecule has 0 saturated carbocycles. The Labute approximate surface area is 144 Å². The number of nitrogens with zero attached hydrogens (tertiary/aromatic N) is 2. The van der Waals surface area contributed by atoms with Gasteiger partial charge in [0, 0.05) is 23.8 Å². The topological polar surface area (TPSA) is 52.2 Å². The lowest BCUT2D eigenvalue weighted by Gasteiger charge is -2.30. The summed E-state index contributed by atoms with van der Waals surface area (Å²) in [5.41, 5.74) is 1.64. The van der Waals surface area contributed by atoms with Gasteiger partial charge in [-0.15, -0.1) is 0 Å². The maximum atomic E-state index is 13.4. The normalized spacial score (nSPS) is 20.4. The number of rotatable bonds is 4. The third kappa shape index (κ3) is 3.32. The highest BCUT2D eigenvalue weighted by atomic mass is 35.5. The molecule has 5 nitrogen and oxygen atoms in total. The van der Waals surface area contributed by atoms with Crippen molar-refractivity contribution >= 4 is 23.3 Å². The van der Waals surface area contributed by atoms with Crippen LogP contribution in [0.3, 0.4) is 0 Å². The monoisotopic (exact) mass is 350 g/mol. The molecule has 0 spiro atoms. The fourth-order valence-corrected chi connectivity index (χ4v) is 3.09. The number of allylic oxidation sites excluding steroid dienone is 1. The summed E-state index contributed by atoms with van der Waals surface area (Å²) in [7, 11) is 2.76. The third-order valence-electron chi connectivity index (χ3n) is 3.84. The SMILES string of the molecule is [C-]#[N+]C1=C(COC)N=C(C)C(C(=O)OC)C1c1ccc(F)cc1Cl. The standard InChI is InChI=1S/C17H16ClFN2O3/c1-9-14(17(22)24-4)15(11-6-5-10(19)7-12(11)18)16(20-2)13(21-9)8-23-3/h5-7,14-15H,8H2,1,3-4H3. The minimum atomic E-state index is -0.803. The van der Waals surface area contributed by atoms with Crippen molar-refractivity contribution in [2.75, 3.05) is 20.8 Å². The van der Waals surface area contributed by atoms with Crippen molar-refractivity contribution in [1.29, 1.82) is 0 Å². The van der Waals surface area contributed by atoms with E-state index in [0.29, 0.717) is 17.0 Å². The quantitative estimate of drug-likeness (QED) is 0.615. The van der Waals surface area contributed by atoms with Gasteiger partial charge >= 0.3 is 5.97 Å². The van der Waals surface area contributed by atoms with Crippen LogP contribution in [-0.4, -0.2) is 32.5 Å². The van der Waals surface area contributed by atoms with E-state index in [4.69, 9.17) is 27.6 Å². The number of halogens is 2. The molecule has 1 aromatic rings. The maximum absolute atomic E-state index is 13.4. The number of benzene rings is 1. The first-order valence-corrected chi connectivity index (χ1v) is 7.49. The Morgan fingerprint density at radius 1 is 1.46 bits per heavy atom. The van der Waals surface area contributed by atoms with E-state index >= 15 is 0 Å². The summed E-state index contributed by atoms with van der Waals surface area (Å²) >= 11 is 6.18. The number of methoxy groups -OCH3 is 2. The molecule has 1 aliphatic rings. The molecule has 0 radical (unpaired) electrons. The Morgan fingerprint density at radius 2 is 2.17 bits per heavy atom. The zero-order chi connectivity index (χ0) is 17.9. The van der Waals surface area contributed by atoms with Crippen LogP contribution < -0.4 is 0 Å². The Hall–Kier alpha value is -2.23. The van der Waals surface area contributed by atoms with Gasteiger partial charge in [0.25, 0.3) is 0 Å². The second kappa shape index (κ2) is 7.56. The van der Waals surface area contributed by atoms with E-state index in [1.807, 2.05) is 0 Å². The average molecular weight is 351 g/mol. The molecule has 0 N–H and O–H groups in total. The molecular weight excluding hydrogens is 335 g/mol. The van der Waals surface area contributed by atoms with Gasteiger partial charge in [-0.25, -0.2) is 9.24 Å². The van der Waals surface area contributed by atoms with Crippen LogP contribution in [-0.2, 0) is 14.3 Å². The van der Waals surface area contributed by atoms with E-state index in [1.54, 1.807) is 6.92 Å². The fourth-order valence-electron chi connectivity index (χ4n) is 2.81. The van der Waals surface area contributed by atoms with E-state index in [2.05, 4.69) is 9.84 Å². The molecular formula is C17H16ClFN2O3. The highest BCUT2D eigenvalue weighted by molar-refractivity contribution is 6.31. The van der Waals surface area contributed by atoms with E-state index < -0.39 is 23.6 Å². The zero-order valence-electron chi connectivity index (χ0n) is 13.5. The lowest BCUT2D eigenvalue weighted by atomic mass is 9.78. The molecule has 0 aliphatic carbocycles. The first-order valence-electron chi connectivity index (χ1n) is 7.12. The van der Waals surface area contributed by atoms with Crippen LogP contribution in [0.2, 0.25) is 5.02 Å². The van der Waals surface area contributed by atoms with E-state index in [0.717, 1.165) is 6.07 Å². The van der Waals surface area contributed by atoms with Crippen molar-refractivity contribution in [1.82, 2.24) is 0 Å². The van der Waals surface area contributed by atoms with Crippen molar-refractivity contribution in [3.63, 3.8) is 0 Å².